The first-order chi connectivity index (χ1) is 30.5. The van der Waals surface area contributed by atoms with Crippen LogP contribution in [0.4, 0.5) is 0 Å². The van der Waals surface area contributed by atoms with E-state index in [1.165, 1.54) is 0 Å². The third-order valence-electron chi connectivity index (χ3n) is 8.89. The fourth-order valence-corrected chi connectivity index (χ4v) is 5.46. The predicted molar refractivity (Wildman–Crippen MR) is 265 cm³/mol. The first-order valence-electron chi connectivity index (χ1n) is 23.6. The van der Waals surface area contributed by atoms with E-state index in [9.17, 15) is 14.4 Å². The number of rotatable bonds is 39. The van der Waals surface area contributed by atoms with Crippen molar-refractivity contribution in [1.29, 1.82) is 0 Å². The summed E-state index contributed by atoms with van der Waals surface area (Å²) in [5.74, 6) is -1.12. The number of carbonyl (C=O) groups is 3. The first kappa shape index (κ1) is 57.0. The quantitative estimate of drug-likeness (QED) is 0.0202. The minimum atomic E-state index is -0.848. The van der Waals surface area contributed by atoms with E-state index < -0.39 is 6.10 Å². The van der Waals surface area contributed by atoms with Crippen molar-refractivity contribution in [2.24, 2.45) is 0 Å². The summed E-state index contributed by atoms with van der Waals surface area (Å²) in [7, 11) is 0. The highest BCUT2D eigenvalue weighted by Crippen LogP contribution is 2.10. The zero-order valence-electron chi connectivity index (χ0n) is 38.8. The van der Waals surface area contributed by atoms with Crippen molar-refractivity contribution in [3.8, 4) is 0 Å². The second-order valence-corrected chi connectivity index (χ2v) is 14.6. The van der Waals surface area contributed by atoms with Gasteiger partial charge in [0.2, 0.25) is 0 Å². The van der Waals surface area contributed by atoms with Gasteiger partial charge < -0.3 is 14.2 Å². The molecule has 0 saturated heterocycles. The molecule has 342 valence electrons. The fraction of sp³-hybridized carbons (Fsp3) is 0.482. The van der Waals surface area contributed by atoms with E-state index in [0.717, 1.165) is 96.3 Å². The van der Waals surface area contributed by atoms with Crippen LogP contribution in [0.3, 0.4) is 0 Å². The average Bonchev–Trinajstić information content (AvgIpc) is 3.27. The molecule has 6 heteroatoms. The molecule has 0 aromatic carbocycles. The summed E-state index contributed by atoms with van der Waals surface area (Å²) in [6.07, 6.45) is 71.0. The second kappa shape index (κ2) is 48.7. The smallest absolute Gasteiger partial charge is 0.306 e. The van der Waals surface area contributed by atoms with Crippen molar-refractivity contribution in [3.63, 3.8) is 0 Å². The molecule has 62 heavy (non-hydrogen) atoms. The van der Waals surface area contributed by atoms with Gasteiger partial charge in [0.1, 0.15) is 13.2 Å². The minimum Gasteiger partial charge on any atom is -0.462 e. The summed E-state index contributed by atoms with van der Waals surface area (Å²) < 4.78 is 16.6. The molecule has 0 radical (unpaired) electrons. The van der Waals surface area contributed by atoms with Gasteiger partial charge in [0.25, 0.3) is 0 Å². The van der Waals surface area contributed by atoms with E-state index in [0.29, 0.717) is 19.3 Å². The van der Waals surface area contributed by atoms with Crippen molar-refractivity contribution in [3.05, 3.63) is 158 Å². The van der Waals surface area contributed by atoms with Crippen LogP contribution < -0.4 is 0 Å². The van der Waals surface area contributed by atoms with Crippen molar-refractivity contribution >= 4 is 17.9 Å². The number of esters is 3. The van der Waals surface area contributed by atoms with E-state index in [4.69, 9.17) is 14.2 Å². The van der Waals surface area contributed by atoms with Gasteiger partial charge in [-0.15, -0.1) is 0 Å². The molecule has 1 unspecified atom stereocenters. The van der Waals surface area contributed by atoms with E-state index in [1.54, 1.807) is 0 Å². The van der Waals surface area contributed by atoms with E-state index in [-0.39, 0.29) is 50.4 Å². The number of allylic oxidation sites excluding steroid dienone is 26. The molecule has 0 aliphatic heterocycles. The Labute approximate surface area is 378 Å². The standard InChI is InChI=1S/C56H82O6/c1-4-7-10-13-16-19-22-25-27-28-29-32-34-37-40-43-46-49-55(58)61-52-53(51-60-54(57)48-45-42-39-36-33-30-24-21-18-15-12-9-6-3)62-56(59)50-47-44-41-38-35-31-26-23-20-17-14-11-8-5-2/h7-12,15-21,24-27,29-33,36-37,39-40,53H,4-6,13-14,22-23,28,34-35,38,41-52H2,1-3H3/b10-7-,11-8-,12-9-,18-15-,19-16-,20-17-,24-21-,27-25-,31-26-,32-29-,33-30-,39-36-,40-37-. The zero-order valence-corrected chi connectivity index (χ0v) is 38.8. The number of carbonyl (C=O) groups excluding carboxylic acids is 3. The number of unbranched alkanes of at least 4 members (excludes halogenated alkanes) is 6. The number of hydrogen-bond acceptors (Lipinski definition) is 6. The molecule has 0 aliphatic carbocycles. The highest BCUT2D eigenvalue weighted by atomic mass is 16.6. The third-order valence-corrected chi connectivity index (χ3v) is 8.89. The second-order valence-electron chi connectivity index (χ2n) is 14.6. The summed E-state index contributed by atoms with van der Waals surface area (Å²) in [5, 5.41) is 0. The molecule has 0 fully saturated rings. The Hall–Kier alpha value is -4.97. The molecular weight excluding hydrogens is 769 g/mol. The largest absolute Gasteiger partial charge is 0.462 e. The van der Waals surface area contributed by atoms with E-state index >= 15 is 0 Å². The Morgan fingerprint density at radius 1 is 0.339 bits per heavy atom. The molecule has 0 bridgehead atoms. The normalized spacial score (nSPS) is 13.5. The van der Waals surface area contributed by atoms with Crippen LogP contribution in [-0.2, 0) is 28.6 Å². The maximum absolute atomic E-state index is 12.7. The Morgan fingerprint density at radius 2 is 0.677 bits per heavy atom. The van der Waals surface area contributed by atoms with Crippen LogP contribution in [0.1, 0.15) is 156 Å². The van der Waals surface area contributed by atoms with Crippen molar-refractivity contribution < 1.29 is 28.6 Å². The van der Waals surface area contributed by atoms with Gasteiger partial charge in [0.15, 0.2) is 6.10 Å². The maximum atomic E-state index is 12.7. The highest BCUT2D eigenvalue weighted by molar-refractivity contribution is 5.71. The van der Waals surface area contributed by atoms with Gasteiger partial charge in [0, 0.05) is 19.3 Å². The number of hydrogen-bond donors (Lipinski definition) is 0. The molecule has 0 N–H and O–H groups in total. The van der Waals surface area contributed by atoms with Crippen LogP contribution in [0, 0.1) is 0 Å². The lowest BCUT2D eigenvalue weighted by Crippen LogP contribution is -2.30. The van der Waals surface area contributed by atoms with Crippen LogP contribution in [-0.4, -0.2) is 37.2 Å². The highest BCUT2D eigenvalue weighted by Gasteiger charge is 2.19. The van der Waals surface area contributed by atoms with Gasteiger partial charge in [-0.3, -0.25) is 14.4 Å². The molecule has 0 amide bonds. The molecule has 0 aliphatic rings. The Morgan fingerprint density at radius 3 is 1.13 bits per heavy atom. The SMILES string of the molecule is CC\C=C/C=C\C=C/C=C\C=C/CCCC(=O)OCC(COC(=O)CCC/C=C\C/C=C\C/C=C\C/C=C\C/C=C\CC)OC(=O)CCCCCC/C=C\C/C=C\C/C=C\CC. The average molecular weight is 851 g/mol. The van der Waals surface area contributed by atoms with Crippen molar-refractivity contribution in [1.82, 2.24) is 0 Å². The monoisotopic (exact) mass is 851 g/mol. The molecule has 0 aromatic heterocycles. The first-order valence-corrected chi connectivity index (χ1v) is 23.6. The van der Waals surface area contributed by atoms with Crippen molar-refractivity contribution in [2.45, 2.75) is 162 Å². The fourth-order valence-electron chi connectivity index (χ4n) is 5.46. The topological polar surface area (TPSA) is 78.9 Å². The Bertz CT molecular complexity index is 1490. The van der Waals surface area contributed by atoms with E-state index in [2.05, 4.69) is 124 Å². The van der Waals surface area contributed by atoms with Gasteiger partial charge in [-0.25, -0.2) is 0 Å². The molecule has 6 nitrogen and oxygen atoms in total. The third kappa shape index (κ3) is 46.1. The van der Waals surface area contributed by atoms with E-state index in [1.807, 2.05) is 54.7 Å². The molecule has 0 heterocycles. The Kier molecular flexibility index (Phi) is 44.8. The molecule has 0 rings (SSSR count). The number of ether oxygens (including phenoxy) is 3. The van der Waals surface area contributed by atoms with Gasteiger partial charge in [-0.2, -0.15) is 0 Å². The predicted octanol–water partition coefficient (Wildman–Crippen LogP) is 15.5. The zero-order chi connectivity index (χ0) is 45.1. The van der Waals surface area contributed by atoms with Crippen LogP contribution in [0.15, 0.2) is 158 Å². The van der Waals surface area contributed by atoms with Crippen LogP contribution in [0.25, 0.3) is 0 Å². The Balaban J connectivity index is 4.66. The molecule has 1 atom stereocenters. The molecule has 0 saturated carbocycles. The lowest BCUT2D eigenvalue weighted by atomic mass is 10.1. The van der Waals surface area contributed by atoms with Gasteiger partial charge in [0.05, 0.1) is 0 Å². The molecule has 0 aromatic rings. The lowest BCUT2D eigenvalue weighted by Gasteiger charge is -2.18. The van der Waals surface area contributed by atoms with Crippen molar-refractivity contribution in [2.75, 3.05) is 13.2 Å². The molecular formula is C56H82O6. The minimum absolute atomic E-state index is 0.148. The lowest BCUT2D eigenvalue weighted by molar-refractivity contribution is -0.167. The summed E-state index contributed by atoms with van der Waals surface area (Å²) in [5.41, 5.74) is 0. The summed E-state index contributed by atoms with van der Waals surface area (Å²) >= 11 is 0. The van der Waals surface area contributed by atoms with Crippen LogP contribution in [0.5, 0.6) is 0 Å². The van der Waals surface area contributed by atoms with Gasteiger partial charge >= 0.3 is 17.9 Å². The summed E-state index contributed by atoms with van der Waals surface area (Å²) in [6.45, 7) is 6.09. The maximum Gasteiger partial charge on any atom is 0.306 e. The molecule has 0 spiro atoms. The summed E-state index contributed by atoms with van der Waals surface area (Å²) in [6, 6.07) is 0. The van der Waals surface area contributed by atoms with Crippen LogP contribution >= 0.6 is 0 Å². The van der Waals surface area contributed by atoms with Crippen LogP contribution in [0.2, 0.25) is 0 Å². The summed E-state index contributed by atoms with van der Waals surface area (Å²) in [4.78, 5) is 37.8. The van der Waals surface area contributed by atoms with Gasteiger partial charge in [-0.1, -0.05) is 192 Å². The van der Waals surface area contributed by atoms with Gasteiger partial charge in [-0.05, 0) is 103 Å².